The Hall–Kier alpha value is -3.19. The smallest absolute Gasteiger partial charge is 0.275 e. The van der Waals surface area contributed by atoms with E-state index in [2.05, 4.69) is 10.4 Å². The van der Waals surface area contributed by atoms with E-state index < -0.39 is 0 Å². The van der Waals surface area contributed by atoms with Crippen LogP contribution in [0.2, 0.25) is 0 Å². The van der Waals surface area contributed by atoms with E-state index in [-0.39, 0.29) is 24.1 Å². The molecule has 0 bridgehead atoms. The molecule has 1 aliphatic rings. The molecule has 150 valence electrons. The Morgan fingerprint density at radius 1 is 1.21 bits per heavy atom. The zero-order chi connectivity index (χ0) is 20.2. The van der Waals surface area contributed by atoms with Crippen molar-refractivity contribution in [3.8, 4) is 5.75 Å². The summed E-state index contributed by atoms with van der Waals surface area (Å²) in [5.74, 6) is 0.406. The highest BCUT2D eigenvalue weighted by atomic mass is 16.5. The molecule has 2 heterocycles. The number of amides is 1. The van der Waals surface area contributed by atoms with E-state index in [0.29, 0.717) is 23.4 Å². The van der Waals surface area contributed by atoms with Crippen LogP contribution in [0, 0.1) is 6.92 Å². The Balaban J connectivity index is 1.39. The highest BCUT2D eigenvalue weighted by Crippen LogP contribution is 2.18. The summed E-state index contributed by atoms with van der Waals surface area (Å²) < 4.78 is 12.5. The highest BCUT2D eigenvalue weighted by molar-refractivity contribution is 5.91. The number of carbonyl (C=O) groups is 1. The van der Waals surface area contributed by atoms with Gasteiger partial charge in [0.2, 0.25) is 5.91 Å². The van der Waals surface area contributed by atoms with Crippen LogP contribution in [-0.4, -0.2) is 35.0 Å². The third-order valence-electron chi connectivity index (χ3n) is 4.94. The number of nitrogens with zero attached hydrogens (tertiary/aromatic N) is 2. The summed E-state index contributed by atoms with van der Waals surface area (Å²) in [6.45, 7) is 3.00. The lowest BCUT2D eigenvalue weighted by Crippen LogP contribution is -2.30. The molecule has 3 aromatic rings. The Labute approximate surface area is 168 Å². The van der Waals surface area contributed by atoms with Crippen molar-refractivity contribution in [2.75, 3.05) is 18.5 Å². The molecule has 4 rings (SSSR count). The molecule has 0 saturated carbocycles. The molecule has 0 spiro atoms. The number of nitrogens with one attached hydrogen (secondary N) is 1. The number of aryl methyl sites for hydroxylation is 1. The van der Waals surface area contributed by atoms with Gasteiger partial charge in [-0.05, 0) is 50.1 Å². The van der Waals surface area contributed by atoms with Crippen LogP contribution in [0.5, 0.6) is 5.75 Å². The van der Waals surface area contributed by atoms with Gasteiger partial charge in [-0.3, -0.25) is 9.59 Å². The molecule has 29 heavy (non-hydrogen) atoms. The minimum absolute atomic E-state index is 0.151. The van der Waals surface area contributed by atoms with Crippen LogP contribution >= 0.6 is 0 Å². The Morgan fingerprint density at radius 3 is 2.69 bits per heavy atom. The van der Waals surface area contributed by atoms with Gasteiger partial charge in [-0.2, -0.15) is 5.10 Å². The van der Waals surface area contributed by atoms with Gasteiger partial charge < -0.3 is 14.8 Å². The van der Waals surface area contributed by atoms with Gasteiger partial charge in [0.1, 0.15) is 18.9 Å². The van der Waals surface area contributed by atoms with Crippen molar-refractivity contribution >= 4 is 22.4 Å². The first-order valence-corrected chi connectivity index (χ1v) is 9.71. The molecular formula is C22H23N3O4. The van der Waals surface area contributed by atoms with E-state index in [1.165, 1.54) is 4.68 Å². The number of hydrogen-bond acceptors (Lipinski definition) is 5. The summed E-state index contributed by atoms with van der Waals surface area (Å²) >= 11 is 0. The van der Waals surface area contributed by atoms with E-state index in [1.807, 2.05) is 19.1 Å². The number of anilines is 1. The molecule has 1 unspecified atom stereocenters. The van der Waals surface area contributed by atoms with Crippen LogP contribution < -0.4 is 15.6 Å². The van der Waals surface area contributed by atoms with Crippen molar-refractivity contribution in [1.29, 1.82) is 0 Å². The second-order valence-electron chi connectivity index (χ2n) is 7.11. The van der Waals surface area contributed by atoms with Crippen LogP contribution in [0.3, 0.4) is 0 Å². The zero-order valence-electron chi connectivity index (χ0n) is 16.3. The number of hydrogen-bond donors (Lipinski definition) is 1. The SMILES string of the molecule is Cc1nn(CC(=O)Nc2ccc(OCC3CCCO3)cc2)c(=O)c2ccccc12. The molecular weight excluding hydrogens is 370 g/mol. The van der Waals surface area contributed by atoms with Gasteiger partial charge in [0.05, 0.1) is 17.2 Å². The molecule has 1 amide bonds. The average Bonchev–Trinajstić information content (AvgIpc) is 3.25. The second-order valence-corrected chi connectivity index (χ2v) is 7.11. The Kier molecular flexibility index (Phi) is 5.57. The van der Waals surface area contributed by atoms with Crippen molar-refractivity contribution in [3.05, 3.63) is 64.6 Å². The van der Waals surface area contributed by atoms with E-state index in [1.54, 1.807) is 36.4 Å². The minimum atomic E-state index is -0.317. The maximum Gasteiger partial charge on any atom is 0.275 e. The maximum absolute atomic E-state index is 12.6. The van der Waals surface area contributed by atoms with E-state index in [4.69, 9.17) is 9.47 Å². The van der Waals surface area contributed by atoms with Crippen LogP contribution in [0.15, 0.2) is 53.3 Å². The molecule has 0 radical (unpaired) electrons. The van der Waals surface area contributed by atoms with Crippen molar-refractivity contribution in [3.63, 3.8) is 0 Å². The van der Waals surface area contributed by atoms with Crippen molar-refractivity contribution in [2.45, 2.75) is 32.4 Å². The van der Waals surface area contributed by atoms with Crippen molar-refractivity contribution < 1.29 is 14.3 Å². The van der Waals surface area contributed by atoms with Gasteiger partial charge >= 0.3 is 0 Å². The summed E-state index contributed by atoms with van der Waals surface area (Å²) in [6.07, 6.45) is 2.26. The van der Waals surface area contributed by atoms with Gasteiger partial charge in [0.15, 0.2) is 0 Å². The van der Waals surface area contributed by atoms with Crippen LogP contribution in [-0.2, 0) is 16.1 Å². The Bertz CT molecular complexity index is 1070. The molecule has 1 atom stereocenters. The molecule has 7 heteroatoms. The van der Waals surface area contributed by atoms with Gasteiger partial charge in [-0.1, -0.05) is 18.2 Å². The molecule has 1 saturated heterocycles. The van der Waals surface area contributed by atoms with Gasteiger partial charge in [-0.25, -0.2) is 4.68 Å². The molecule has 1 fully saturated rings. The third kappa shape index (κ3) is 4.46. The zero-order valence-corrected chi connectivity index (χ0v) is 16.3. The fraction of sp³-hybridized carbons (Fsp3) is 0.318. The number of fused-ring (bicyclic) bond motifs is 1. The number of ether oxygens (including phenoxy) is 2. The average molecular weight is 393 g/mol. The van der Waals surface area contributed by atoms with E-state index in [0.717, 1.165) is 30.6 Å². The summed E-state index contributed by atoms with van der Waals surface area (Å²) in [6, 6.07) is 14.4. The van der Waals surface area contributed by atoms with E-state index >= 15 is 0 Å². The normalized spacial score (nSPS) is 16.1. The molecule has 2 aromatic carbocycles. The number of aromatic nitrogens is 2. The lowest BCUT2D eigenvalue weighted by atomic mass is 10.1. The highest BCUT2D eigenvalue weighted by Gasteiger charge is 2.16. The first-order valence-electron chi connectivity index (χ1n) is 9.71. The lowest BCUT2D eigenvalue weighted by Gasteiger charge is -2.12. The first-order chi connectivity index (χ1) is 14.1. The molecule has 7 nitrogen and oxygen atoms in total. The van der Waals surface area contributed by atoms with Crippen molar-refractivity contribution in [2.24, 2.45) is 0 Å². The monoisotopic (exact) mass is 393 g/mol. The topological polar surface area (TPSA) is 82.5 Å². The Morgan fingerprint density at radius 2 is 1.97 bits per heavy atom. The summed E-state index contributed by atoms with van der Waals surface area (Å²) in [5.41, 5.74) is 1.06. The maximum atomic E-state index is 12.6. The van der Waals surface area contributed by atoms with Gasteiger partial charge in [0.25, 0.3) is 5.56 Å². The number of carbonyl (C=O) groups excluding carboxylic acids is 1. The third-order valence-corrected chi connectivity index (χ3v) is 4.94. The molecule has 0 aliphatic carbocycles. The van der Waals surface area contributed by atoms with Crippen LogP contribution in [0.4, 0.5) is 5.69 Å². The van der Waals surface area contributed by atoms with Crippen LogP contribution in [0.1, 0.15) is 18.5 Å². The quantitative estimate of drug-likeness (QED) is 0.696. The predicted octanol–water partition coefficient (Wildman–Crippen LogP) is 2.90. The second kappa shape index (κ2) is 8.45. The molecule has 1 N–H and O–H groups in total. The van der Waals surface area contributed by atoms with Gasteiger partial charge in [-0.15, -0.1) is 0 Å². The van der Waals surface area contributed by atoms with Crippen molar-refractivity contribution in [1.82, 2.24) is 9.78 Å². The minimum Gasteiger partial charge on any atom is -0.491 e. The fourth-order valence-electron chi connectivity index (χ4n) is 3.45. The largest absolute Gasteiger partial charge is 0.491 e. The fourth-order valence-corrected chi connectivity index (χ4v) is 3.45. The molecule has 1 aliphatic heterocycles. The van der Waals surface area contributed by atoms with Crippen LogP contribution in [0.25, 0.3) is 10.8 Å². The first kappa shape index (κ1) is 19.1. The lowest BCUT2D eigenvalue weighted by molar-refractivity contribution is -0.117. The number of rotatable bonds is 6. The number of benzene rings is 2. The standard InChI is InChI=1S/C22H23N3O4/c1-15-19-6-2-3-7-20(19)22(27)25(24-15)13-21(26)23-16-8-10-17(11-9-16)29-14-18-5-4-12-28-18/h2-3,6-11,18H,4-5,12-14H2,1H3,(H,23,26). The summed E-state index contributed by atoms with van der Waals surface area (Å²) in [4.78, 5) is 25.0. The summed E-state index contributed by atoms with van der Waals surface area (Å²) in [7, 11) is 0. The molecule has 1 aromatic heterocycles. The predicted molar refractivity (Wildman–Crippen MR) is 110 cm³/mol. The van der Waals surface area contributed by atoms with E-state index in [9.17, 15) is 9.59 Å². The van der Waals surface area contributed by atoms with Gasteiger partial charge in [0, 0.05) is 17.7 Å². The summed E-state index contributed by atoms with van der Waals surface area (Å²) in [5, 5.41) is 8.42.